The summed E-state index contributed by atoms with van der Waals surface area (Å²) in [5.74, 6) is 0. The zero-order valence-corrected chi connectivity index (χ0v) is 11.9. The van der Waals surface area contributed by atoms with Gasteiger partial charge < -0.3 is 10.2 Å². The number of nitrogens with zero attached hydrogens (tertiary/aromatic N) is 1. The molecule has 1 aromatic heterocycles. The Labute approximate surface area is 104 Å². The summed E-state index contributed by atoms with van der Waals surface area (Å²) in [6.07, 6.45) is 1.21. The standard InChI is InChI=1S/C13H24N2S/c1-10-9-13(12(3)16-10)11(2)14-7-6-8-15(4)5/h9,11,14H,6-8H2,1-5H3. The predicted octanol–water partition coefficient (Wildman–Crippen LogP) is 2.97. The molecular formula is C13H24N2S. The SMILES string of the molecule is Cc1cc(C(C)NCCCN(C)C)c(C)s1. The highest BCUT2D eigenvalue weighted by Gasteiger charge is 2.09. The maximum atomic E-state index is 3.59. The minimum absolute atomic E-state index is 0.479. The van der Waals surface area contributed by atoms with Crippen LogP contribution in [0.4, 0.5) is 0 Å². The fraction of sp³-hybridized carbons (Fsp3) is 0.692. The average molecular weight is 240 g/mol. The van der Waals surface area contributed by atoms with Gasteiger partial charge in [-0.05, 0) is 66.0 Å². The van der Waals surface area contributed by atoms with Gasteiger partial charge in [-0.2, -0.15) is 0 Å². The van der Waals surface area contributed by atoms with Crippen LogP contribution in [0.25, 0.3) is 0 Å². The van der Waals surface area contributed by atoms with E-state index in [-0.39, 0.29) is 0 Å². The van der Waals surface area contributed by atoms with Crippen LogP contribution in [-0.2, 0) is 0 Å². The van der Waals surface area contributed by atoms with Gasteiger partial charge in [-0.1, -0.05) is 0 Å². The summed E-state index contributed by atoms with van der Waals surface area (Å²) in [6.45, 7) is 8.89. The van der Waals surface area contributed by atoms with Crippen molar-refractivity contribution in [3.8, 4) is 0 Å². The molecule has 0 saturated heterocycles. The van der Waals surface area contributed by atoms with Gasteiger partial charge in [0.25, 0.3) is 0 Å². The van der Waals surface area contributed by atoms with Crippen molar-refractivity contribution in [2.24, 2.45) is 0 Å². The summed E-state index contributed by atoms with van der Waals surface area (Å²) in [5.41, 5.74) is 1.47. The summed E-state index contributed by atoms with van der Waals surface area (Å²) < 4.78 is 0. The van der Waals surface area contributed by atoms with Crippen molar-refractivity contribution in [2.45, 2.75) is 33.2 Å². The van der Waals surface area contributed by atoms with Crippen molar-refractivity contribution in [3.63, 3.8) is 0 Å². The Morgan fingerprint density at radius 3 is 2.56 bits per heavy atom. The van der Waals surface area contributed by atoms with E-state index >= 15 is 0 Å². The smallest absolute Gasteiger partial charge is 0.0302 e. The summed E-state index contributed by atoms with van der Waals surface area (Å²) in [7, 11) is 4.24. The topological polar surface area (TPSA) is 15.3 Å². The second kappa shape index (κ2) is 6.38. The lowest BCUT2D eigenvalue weighted by molar-refractivity contribution is 0.389. The normalized spacial score (nSPS) is 13.4. The molecule has 0 aromatic carbocycles. The van der Waals surface area contributed by atoms with E-state index in [2.05, 4.69) is 51.1 Å². The van der Waals surface area contributed by atoms with Crippen LogP contribution >= 0.6 is 11.3 Å². The molecule has 1 unspecified atom stereocenters. The molecule has 0 aliphatic carbocycles. The highest BCUT2D eigenvalue weighted by molar-refractivity contribution is 7.12. The molecule has 3 heteroatoms. The van der Waals surface area contributed by atoms with E-state index in [0.29, 0.717) is 6.04 Å². The van der Waals surface area contributed by atoms with E-state index in [1.54, 1.807) is 0 Å². The minimum Gasteiger partial charge on any atom is -0.310 e. The van der Waals surface area contributed by atoms with Gasteiger partial charge in [0.2, 0.25) is 0 Å². The number of nitrogens with one attached hydrogen (secondary N) is 1. The third-order valence-electron chi connectivity index (χ3n) is 2.78. The van der Waals surface area contributed by atoms with Gasteiger partial charge in [-0.3, -0.25) is 0 Å². The Balaban J connectivity index is 2.35. The fourth-order valence-corrected chi connectivity index (χ4v) is 2.93. The Morgan fingerprint density at radius 2 is 2.06 bits per heavy atom. The molecule has 0 aliphatic rings. The first-order valence-corrected chi connectivity index (χ1v) is 6.77. The molecule has 0 saturated carbocycles. The van der Waals surface area contributed by atoms with Gasteiger partial charge in [0.05, 0.1) is 0 Å². The number of hydrogen-bond acceptors (Lipinski definition) is 3. The fourth-order valence-electron chi connectivity index (χ4n) is 1.90. The van der Waals surface area contributed by atoms with E-state index in [1.165, 1.54) is 21.7 Å². The number of rotatable bonds is 6. The molecule has 0 aliphatic heterocycles. The number of hydrogen-bond donors (Lipinski definition) is 1. The van der Waals surface area contributed by atoms with Gasteiger partial charge in [-0.25, -0.2) is 0 Å². The Bertz CT molecular complexity index is 318. The van der Waals surface area contributed by atoms with E-state index in [4.69, 9.17) is 0 Å². The molecule has 1 atom stereocenters. The van der Waals surface area contributed by atoms with Crippen LogP contribution in [0.15, 0.2) is 6.07 Å². The van der Waals surface area contributed by atoms with E-state index in [9.17, 15) is 0 Å². The Morgan fingerprint density at radius 1 is 1.38 bits per heavy atom. The largest absolute Gasteiger partial charge is 0.310 e. The van der Waals surface area contributed by atoms with Crippen molar-refractivity contribution in [1.29, 1.82) is 0 Å². The number of thiophene rings is 1. The van der Waals surface area contributed by atoms with Crippen molar-refractivity contribution in [3.05, 3.63) is 21.4 Å². The molecule has 92 valence electrons. The molecule has 0 bridgehead atoms. The minimum atomic E-state index is 0.479. The first-order chi connectivity index (χ1) is 7.50. The predicted molar refractivity (Wildman–Crippen MR) is 73.4 cm³/mol. The van der Waals surface area contributed by atoms with E-state index in [1.807, 2.05) is 11.3 Å². The third kappa shape index (κ3) is 4.24. The van der Waals surface area contributed by atoms with Crippen LogP contribution in [0.3, 0.4) is 0 Å². The van der Waals surface area contributed by atoms with Gasteiger partial charge >= 0.3 is 0 Å². The average Bonchev–Trinajstić information content (AvgIpc) is 2.52. The molecule has 0 radical (unpaired) electrons. The highest BCUT2D eigenvalue weighted by atomic mass is 32.1. The number of aryl methyl sites for hydroxylation is 2. The molecule has 2 nitrogen and oxygen atoms in total. The molecule has 1 aromatic rings. The molecule has 1 rings (SSSR count). The molecule has 1 heterocycles. The summed E-state index contributed by atoms with van der Waals surface area (Å²) in [4.78, 5) is 5.09. The summed E-state index contributed by atoms with van der Waals surface area (Å²) in [5, 5.41) is 3.59. The van der Waals surface area contributed by atoms with Crippen molar-refractivity contribution < 1.29 is 0 Å². The zero-order valence-electron chi connectivity index (χ0n) is 11.1. The molecular weight excluding hydrogens is 216 g/mol. The third-order valence-corrected chi connectivity index (χ3v) is 3.76. The van der Waals surface area contributed by atoms with Gasteiger partial charge in [0.15, 0.2) is 0 Å². The maximum Gasteiger partial charge on any atom is 0.0302 e. The molecule has 0 spiro atoms. The van der Waals surface area contributed by atoms with Crippen LogP contribution in [-0.4, -0.2) is 32.1 Å². The van der Waals surface area contributed by atoms with Crippen LogP contribution in [0.5, 0.6) is 0 Å². The van der Waals surface area contributed by atoms with Crippen molar-refractivity contribution in [2.75, 3.05) is 27.2 Å². The summed E-state index contributed by atoms with van der Waals surface area (Å²) in [6, 6.07) is 2.79. The van der Waals surface area contributed by atoms with Crippen molar-refractivity contribution in [1.82, 2.24) is 10.2 Å². The lowest BCUT2D eigenvalue weighted by atomic mass is 10.1. The van der Waals surface area contributed by atoms with Crippen LogP contribution < -0.4 is 5.32 Å². The van der Waals surface area contributed by atoms with Gasteiger partial charge in [-0.15, -0.1) is 11.3 Å². The monoisotopic (exact) mass is 240 g/mol. The highest BCUT2D eigenvalue weighted by Crippen LogP contribution is 2.25. The van der Waals surface area contributed by atoms with E-state index in [0.717, 1.165) is 13.1 Å². The second-order valence-electron chi connectivity index (χ2n) is 4.70. The van der Waals surface area contributed by atoms with Crippen LogP contribution in [0, 0.1) is 13.8 Å². The van der Waals surface area contributed by atoms with Crippen LogP contribution in [0.1, 0.15) is 34.7 Å². The second-order valence-corrected chi connectivity index (χ2v) is 6.16. The molecule has 0 amide bonds. The summed E-state index contributed by atoms with van der Waals surface area (Å²) >= 11 is 1.89. The Hall–Kier alpha value is -0.380. The van der Waals surface area contributed by atoms with E-state index < -0.39 is 0 Å². The first-order valence-electron chi connectivity index (χ1n) is 5.95. The van der Waals surface area contributed by atoms with Gasteiger partial charge in [0.1, 0.15) is 0 Å². The molecule has 0 fully saturated rings. The molecule has 1 N–H and O–H groups in total. The molecule has 16 heavy (non-hydrogen) atoms. The van der Waals surface area contributed by atoms with Crippen LogP contribution in [0.2, 0.25) is 0 Å². The lowest BCUT2D eigenvalue weighted by Crippen LogP contribution is -2.23. The quantitative estimate of drug-likeness (QED) is 0.769. The van der Waals surface area contributed by atoms with Crippen molar-refractivity contribution >= 4 is 11.3 Å². The first kappa shape index (κ1) is 13.7. The Kier molecular flexibility index (Phi) is 5.46. The zero-order chi connectivity index (χ0) is 12.1. The van der Waals surface area contributed by atoms with Gasteiger partial charge in [0, 0.05) is 15.8 Å². The lowest BCUT2D eigenvalue weighted by Gasteiger charge is -2.15. The maximum absolute atomic E-state index is 3.59.